The maximum Gasteiger partial charge on any atom is 0.193 e. The van der Waals surface area contributed by atoms with Crippen LogP contribution in [0.5, 0.6) is 0 Å². The van der Waals surface area contributed by atoms with E-state index < -0.39 is 0 Å². The summed E-state index contributed by atoms with van der Waals surface area (Å²) in [6.45, 7) is 7.18. The van der Waals surface area contributed by atoms with Gasteiger partial charge in [-0.15, -0.1) is 24.0 Å². The third-order valence-electron chi connectivity index (χ3n) is 5.47. The molecule has 2 saturated heterocycles. The van der Waals surface area contributed by atoms with Crippen molar-refractivity contribution in [3.8, 4) is 0 Å². The molecule has 1 N–H and O–H groups in total. The second kappa shape index (κ2) is 14.0. The molecule has 0 spiro atoms. The Morgan fingerprint density at radius 2 is 1.77 bits per heavy atom. The monoisotopic (exact) mass is 482 g/mol. The first kappa shape index (κ1) is 23.9. The molecule has 2 heterocycles. The molecule has 6 nitrogen and oxygen atoms in total. The molecule has 0 aromatic carbocycles. The Bertz CT molecular complexity index is 382. The zero-order valence-electron chi connectivity index (χ0n) is 16.9. The van der Waals surface area contributed by atoms with Crippen LogP contribution in [0.4, 0.5) is 0 Å². The molecule has 0 amide bonds. The largest absolute Gasteiger partial charge is 0.385 e. The summed E-state index contributed by atoms with van der Waals surface area (Å²) >= 11 is 0. The maximum absolute atomic E-state index is 5.94. The average Bonchev–Trinajstić information content (AvgIpc) is 2.65. The number of methoxy groups -OCH3 is 1. The lowest BCUT2D eigenvalue weighted by Gasteiger charge is -2.34. The van der Waals surface area contributed by atoms with E-state index in [-0.39, 0.29) is 24.0 Å². The normalized spacial score (nSPS) is 20.9. The summed E-state index contributed by atoms with van der Waals surface area (Å²) < 4.78 is 11.0. The number of nitrogens with one attached hydrogen (secondary N) is 1. The van der Waals surface area contributed by atoms with E-state index in [1.54, 1.807) is 7.11 Å². The molecule has 0 radical (unpaired) electrons. The van der Waals surface area contributed by atoms with Crippen molar-refractivity contribution in [1.29, 1.82) is 0 Å². The van der Waals surface area contributed by atoms with E-state index in [0.29, 0.717) is 6.10 Å². The van der Waals surface area contributed by atoms with E-state index >= 15 is 0 Å². The summed E-state index contributed by atoms with van der Waals surface area (Å²) in [5.74, 6) is 1.93. The first-order chi connectivity index (χ1) is 12.2. The Morgan fingerprint density at radius 3 is 2.38 bits per heavy atom. The number of hydrogen-bond acceptors (Lipinski definition) is 4. The minimum atomic E-state index is 0. The van der Waals surface area contributed by atoms with Crippen molar-refractivity contribution in [2.75, 3.05) is 67.1 Å². The molecule has 0 bridgehead atoms. The van der Waals surface area contributed by atoms with Gasteiger partial charge in [-0.25, -0.2) is 0 Å². The van der Waals surface area contributed by atoms with Crippen LogP contribution in [-0.2, 0) is 9.47 Å². The predicted octanol–water partition coefficient (Wildman–Crippen LogP) is 2.43. The predicted molar refractivity (Wildman–Crippen MR) is 119 cm³/mol. The van der Waals surface area contributed by atoms with E-state index in [1.165, 1.54) is 32.4 Å². The Kier molecular flexibility index (Phi) is 12.8. The minimum Gasteiger partial charge on any atom is -0.385 e. The first-order valence-corrected chi connectivity index (χ1v) is 9.97. The molecular weight excluding hydrogens is 443 g/mol. The fraction of sp³-hybridized carbons (Fsp3) is 0.947. The van der Waals surface area contributed by atoms with Crippen LogP contribution in [0.1, 0.15) is 38.5 Å². The Labute approximate surface area is 177 Å². The van der Waals surface area contributed by atoms with Crippen molar-refractivity contribution in [3.63, 3.8) is 0 Å². The molecule has 0 aromatic heterocycles. The van der Waals surface area contributed by atoms with Gasteiger partial charge in [0.1, 0.15) is 0 Å². The van der Waals surface area contributed by atoms with Crippen molar-refractivity contribution < 1.29 is 9.47 Å². The van der Waals surface area contributed by atoms with Crippen LogP contribution in [0.3, 0.4) is 0 Å². The van der Waals surface area contributed by atoms with Crippen molar-refractivity contribution in [3.05, 3.63) is 0 Å². The summed E-state index contributed by atoms with van der Waals surface area (Å²) in [7, 11) is 5.86. The van der Waals surface area contributed by atoms with Gasteiger partial charge in [0.05, 0.1) is 6.10 Å². The third kappa shape index (κ3) is 8.71. The molecule has 0 atom stereocenters. The number of likely N-dealkylation sites (tertiary alicyclic amines) is 2. The van der Waals surface area contributed by atoms with Crippen LogP contribution >= 0.6 is 24.0 Å². The Morgan fingerprint density at radius 1 is 1.08 bits per heavy atom. The second-order valence-electron chi connectivity index (χ2n) is 7.41. The highest BCUT2D eigenvalue weighted by atomic mass is 127. The minimum absolute atomic E-state index is 0. The van der Waals surface area contributed by atoms with Crippen LogP contribution in [0.25, 0.3) is 0 Å². The smallest absolute Gasteiger partial charge is 0.193 e. The summed E-state index contributed by atoms with van der Waals surface area (Å²) in [6.07, 6.45) is 7.48. The van der Waals surface area contributed by atoms with Crippen LogP contribution in [0.2, 0.25) is 0 Å². The number of guanidine groups is 1. The van der Waals surface area contributed by atoms with Gasteiger partial charge in [0.2, 0.25) is 0 Å². The Hall–Kier alpha value is -0.120. The van der Waals surface area contributed by atoms with E-state index in [0.717, 1.165) is 64.0 Å². The standard InChI is InChI=1S/C19H38N4O2.HI/c1-20-19(21-10-5-17-6-11-22(2)12-7-17)23-13-8-18(9-14-23)25-16-4-15-24-3;/h17-18H,4-16H2,1-3H3,(H,20,21);1H. The summed E-state index contributed by atoms with van der Waals surface area (Å²) in [5, 5.41) is 3.58. The molecule has 2 aliphatic heterocycles. The van der Waals surface area contributed by atoms with Gasteiger partial charge in [0.15, 0.2) is 5.96 Å². The van der Waals surface area contributed by atoms with Gasteiger partial charge in [0, 0.05) is 47.0 Å². The van der Waals surface area contributed by atoms with Crippen molar-refractivity contribution in [1.82, 2.24) is 15.1 Å². The number of nitrogens with zero attached hydrogens (tertiary/aromatic N) is 3. The number of ether oxygens (including phenoxy) is 2. The second-order valence-corrected chi connectivity index (χ2v) is 7.41. The molecule has 2 rings (SSSR count). The summed E-state index contributed by atoms with van der Waals surface area (Å²) in [6, 6.07) is 0. The number of hydrogen-bond donors (Lipinski definition) is 1. The van der Waals surface area contributed by atoms with Gasteiger partial charge in [-0.3, -0.25) is 4.99 Å². The molecule has 2 aliphatic rings. The van der Waals surface area contributed by atoms with Crippen LogP contribution in [0, 0.1) is 5.92 Å². The molecule has 0 aliphatic carbocycles. The van der Waals surface area contributed by atoms with Crippen LogP contribution in [-0.4, -0.2) is 89.0 Å². The van der Waals surface area contributed by atoms with Gasteiger partial charge >= 0.3 is 0 Å². The summed E-state index contributed by atoms with van der Waals surface area (Å²) in [4.78, 5) is 9.30. The highest BCUT2D eigenvalue weighted by molar-refractivity contribution is 14.0. The number of aliphatic imine (C=N–C) groups is 1. The zero-order valence-corrected chi connectivity index (χ0v) is 19.2. The zero-order chi connectivity index (χ0) is 17.9. The molecule has 154 valence electrons. The lowest BCUT2D eigenvalue weighted by Crippen LogP contribution is -2.47. The highest BCUT2D eigenvalue weighted by Crippen LogP contribution is 2.19. The molecule has 0 aromatic rings. The lowest BCUT2D eigenvalue weighted by atomic mass is 9.94. The van der Waals surface area contributed by atoms with Crippen LogP contribution in [0.15, 0.2) is 4.99 Å². The quantitative estimate of drug-likeness (QED) is 0.249. The van der Waals surface area contributed by atoms with E-state index in [9.17, 15) is 0 Å². The number of rotatable bonds is 8. The van der Waals surface area contributed by atoms with E-state index in [4.69, 9.17) is 9.47 Å². The fourth-order valence-corrected chi connectivity index (χ4v) is 3.76. The maximum atomic E-state index is 5.94. The van der Waals surface area contributed by atoms with Crippen LogP contribution < -0.4 is 5.32 Å². The molecule has 0 unspecified atom stereocenters. The molecular formula is C19H39IN4O2. The Balaban J connectivity index is 0.00000338. The van der Waals surface area contributed by atoms with E-state index in [1.807, 2.05) is 7.05 Å². The molecule has 0 saturated carbocycles. The fourth-order valence-electron chi connectivity index (χ4n) is 3.76. The molecule has 26 heavy (non-hydrogen) atoms. The van der Waals surface area contributed by atoms with E-state index in [2.05, 4.69) is 27.2 Å². The molecule has 7 heteroatoms. The van der Waals surface area contributed by atoms with Crippen molar-refractivity contribution in [2.45, 2.75) is 44.6 Å². The average molecular weight is 482 g/mol. The van der Waals surface area contributed by atoms with Gasteiger partial charge in [0.25, 0.3) is 0 Å². The highest BCUT2D eigenvalue weighted by Gasteiger charge is 2.22. The van der Waals surface area contributed by atoms with Gasteiger partial charge in [-0.05, 0) is 64.6 Å². The summed E-state index contributed by atoms with van der Waals surface area (Å²) in [5.41, 5.74) is 0. The van der Waals surface area contributed by atoms with Gasteiger partial charge < -0.3 is 24.6 Å². The van der Waals surface area contributed by atoms with Gasteiger partial charge in [-0.2, -0.15) is 0 Å². The lowest BCUT2D eigenvalue weighted by molar-refractivity contribution is 0.00990. The molecule has 2 fully saturated rings. The number of piperidine rings is 2. The third-order valence-corrected chi connectivity index (χ3v) is 5.47. The van der Waals surface area contributed by atoms with Gasteiger partial charge in [-0.1, -0.05) is 0 Å². The topological polar surface area (TPSA) is 49.3 Å². The van der Waals surface area contributed by atoms with Crippen molar-refractivity contribution >= 4 is 29.9 Å². The SMILES string of the molecule is CN=C(NCCC1CCN(C)CC1)N1CCC(OCCCOC)CC1.I. The first-order valence-electron chi connectivity index (χ1n) is 9.97. The number of halogens is 1. The van der Waals surface area contributed by atoms with Crippen molar-refractivity contribution in [2.24, 2.45) is 10.9 Å².